The summed E-state index contributed by atoms with van der Waals surface area (Å²) in [5.74, 6) is 1.23. The average Bonchev–Trinajstić information content (AvgIpc) is 2.84. The Balaban J connectivity index is 0.000000171. The maximum absolute atomic E-state index is 9.18. The van der Waals surface area contributed by atoms with E-state index in [0.717, 1.165) is 0 Å². The Morgan fingerprint density at radius 3 is 1.18 bits per heavy atom. The van der Waals surface area contributed by atoms with Gasteiger partial charge in [-0.05, 0) is 51.4 Å². The van der Waals surface area contributed by atoms with Crippen molar-refractivity contribution < 1.29 is 10.2 Å². The fraction of sp³-hybridized carbons (Fsp3) is 1.00. The van der Waals surface area contributed by atoms with Gasteiger partial charge in [-0.1, -0.05) is 32.1 Å². The van der Waals surface area contributed by atoms with Crippen molar-refractivity contribution in [3.05, 3.63) is 0 Å². The zero-order valence-corrected chi connectivity index (χ0v) is 11.6. The predicted octanol–water partition coefficient (Wildman–Crippen LogP) is 3.50. The highest BCUT2D eigenvalue weighted by molar-refractivity contribution is 4.71. The Morgan fingerprint density at radius 1 is 0.647 bits per heavy atom. The number of aliphatic hydroxyl groups excluding tert-OH is 2. The van der Waals surface area contributed by atoms with Gasteiger partial charge < -0.3 is 10.2 Å². The molecule has 2 unspecified atom stereocenters. The number of hydrogen-bond acceptors (Lipinski definition) is 2. The topological polar surface area (TPSA) is 40.5 Å². The largest absolute Gasteiger partial charge is 0.393 e. The molecule has 2 fully saturated rings. The molecule has 0 spiro atoms. The van der Waals surface area contributed by atoms with Gasteiger partial charge in [0, 0.05) is 0 Å². The molecule has 17 heavy (non-hydrogen) atoms. The zero-order chi connectivity index (χ0) is 12.7. The van der Waals surface area contributed by atoms with Crippen LogP contribution in [-0.4, -0.2) is 22.4 Å². The molecule has 0 saturated heterocycles. The van der Waals surface area contributed by atoms with Gasteiger partial charge in [0.25, 0.3) is 0 Å². The normalized spacial score (nSPS) is 26.1. The van der Waals surface area contributed by atoms with E-state index in [4.69, 9.17) is 5.11 Å². The predicted molar refractivity (Wildman–Crippen MR) is 71.9 cm³/mol. The lowest BCUT2D eigenvalue weighted by molar-refractivity contribution is 0.101. The fourth-order valence-electron chi connectivity index (χ4n) is 3.06. The third-order valence-corrected chi connectivity index (χ3v) is 4.41. The monoisotopic (exact) mass is 242 g/mol. The van der Waals surface area contributed by atoms with Crippen LogP contribution in [0.3, 0.4) is 0 Å². The summed E-state index contributed by atoms with van der Waals surface area (Å²) in [6.07, 6.45) is 11.6. The Labute approximate surface area is 106 Å². The van der Waals surface area contributed by atoms with Crippen molar-refractivity contribution in [1.82, 2.24) is 0 Å². The molecule has 0 aliphatic heterocycles. The first-order valence-corrected chi connectivity index (χ1v) is 7.47. The number of hydrogen-bond donors (Lipinski definition) is 2. The van der Waals surface area contributed by atoms with E-state index in [1.165, 1.54) is 57.8 Å². The second kappa shape index (κ2) is 8.10. The summed E-state index contributed by atoms with van der Waals surface area (Å²) in [6, 6.07) is 0. The molecule has 2 saturated carbocycles. The van der Waals surface area contributed by atoms with E-state index in [1.807, 2.05) is 13.8 Å². The van der Waals surface area contributed by atoms with Gasteiger partial charge in [-0.2, -0.15) is 0 Å². The van der Waals surface area contributed by atoms with Crippen LogP contribution in [0, 0.1) is 11.8 Å². The van der Waals surface area contributed by atoms with Crippen molar-refractivity contribution in [2.45, 2.75) is 83.8 Å². The summed E-state index contributed by atoms with van der Waals surface area (Å²) < 4.78 is 0. The lowest BCUT2D eigenvalue weighted by atomic mass is 9.86. The molecule has 0 heterocycles. The van der Waals surface area contributed by atoms with Crippen molar-refractivity contribution >= 4 is 0 Å². The molecule has 0 aromatic rings. The Morgan fingerprint density at radius 2 is 0.941 bits per heavy atom. The van der Waals surface area contributed by atoms with Crippen molar-refractivity contribution in [2.24, 2.45) is 11.8 Å². The second-order valence-electron chi connectivity index (χ2n) is 5.92. The van der Waals surface area contributed by atoms with Crippen LogP contribution in [0.15, 0.2) is 0 Å². The van der Waals surface area contributed by atoms with Gasteiger partial charge in [0.1, 0.15) is 0 Å². The van der Waals surface area contributed by atoms with Gasteiger partial charge in [-0.3, -0.25) is 0 Å². The van der Waals surface area contributed by atoms with E-state index in [-0.39, 0.29) is 12.2 Å². The summed E-state index contributed by atoms with van der Waals surface area (Å²) in [4.78, 5) is 0. The molecule has 0 amide bonds. The van der Waals surface area contributed by atoms with Crippen LogP contribution in [0.2, 0.25) is 0 Å². The van der Waals surface area contributed by atoms with Gasteiger partial charge in [-0.15, -0.1) is 0 Å². The van der Waals surface area contributed by atoms with Crippen LogP contribution in [-0.2, 0) is 0 Å². The van der Waals surface area contributed by atoms with Gasteiger partial charge in [-0.25, -0.2) is 0 Å². The molecule has 2 rings (SSSR count). The standard InChI is InChI=1S/C8H16O.C7H14O/c1-7(9)8-5-3-2-4-6-8;1-6(8)7-4-2-3-5-7/h7-9H,2-6H2,1H3;6-8H,2-5H2,1H3. The molecule has 2 heteroatoms. The Kier molecular flexibility index (Phi) is 7.14. The Hall–Kier alpha value is -0.0800. The molecule has 2 atom stereocenters. The third kappa shape index (κ3) is 5.87. The quantitative estimate of drug-likeness (QED) is 0.778. The number of aliphatic hydroxyl groups is 2. The molecule has 0 radical (unpaired) electrons. The van der Waals surface area contributed by atoms with E-state index >= 15 is 0 Å². The SMILES string of the molecule is CC(O)C1CCCC1.CC(O)C1CCCCC1. The Bertz CT molecular complexity index is 177. The van der Waals surface area contributed by atoms with E-state index in [1.54, 1.807) is 0 Å². The smallest absolute Gasteiger partial charge is 0.0540 e. The fourth-order valence-corrected chi connectivity index (χ4v) is 3.06. The minimum absolute atomic E-state index is 0.0579. The van der Waals surface area contributed by atoms with Crippen molar-refractivity contribution in [1.29, 1.82) is 0 Å². The molecule has 2 aliphatic rings. The van der Waals surface area contributed by atoms with Crippen molar-refractivity contribution in [2.75, 3.05) is 0 Å². The van der Waals surface area contributed by atoms with E-state index in [9.17, 15) is 5.11 Å². The van der Waals surface area contributed by atoms with Gasteiger partial charge in [0.15, 0.2) is 0 Å². The first-order valence-electron chi connectivity index (χ1n) is 7.47. The van der Waals surface area contributed by atoms with Crippen LogP contribution >= 0.6 is 0 Å². The van der Waals surface area contributed by atoms with Gasteiger partial charge in [0.05, 0.1) is 12.2 Å². The maximum Gasteiger partial charge on any atom is 0.0540 e. The van der Waals surface area contributed by atoms with E-state index in [0.29, 0.717) is 11.8 Å². The second-order valence-corrected chi connectivity index (χ2v) is 5.92. The first-order chi connectivity index (χ1) is 8.11. The molecule has 0 bridgehead atoms. The minimum Gasteiger partial charge on any atom is -0.393 e. The highest BCUT2D eigenvalue weighted by Crippen LogP contribution is 2.27. The lowest BCUT2D eigenvalue weighted by Gasteiger charge is -2.23. The summed E-state index contributed by atoms with van der Waals surface area (Å²) in [5.41, 5.74) is 0. The summed E-state index contributed by atoms with van der Waals surface area (Å²) in [6.45, 7) is 3.81. The van der Waals surface area contributed by atoms with E-state index < -0.39 is 0 Å². The number of rotatable bonds is 2. The lowest BCUT2D eigenvalue weighted by Crippen LogP contribution is -2.19. The van der Waals surface area contributed by atoms with Crippen LogP contribution < -0.4 is 0 Å². The summed E-state index contributed by atoms with van der Waals surface area (Å²) in [5, 5.41) is 18.2. The molecule has 0 aromatic heterocycles. The van der Waals surface area contributed by atoms with Crippen LogP contribution in [0.1, 0.15) is 71.6 Å². The highest BCUT2D eigenvalue weighted by atomic mass is 16.3. The molecule has 2 N–H and O–H groups in total. The van der Waals surface area contributed by atoms with Crippen LogP contribution in [0.5, 0.6) is 0 Å². The summed E-state index contributed by atoms with van der Waals surface area (Å²) >= 11 is 0. The van der Waals surface area contributed by atoms with Crippen molar-refractivity contribution in [3.8, 4) is 0 Å². The molecule has 2 aliphatic carbocycles. The average molecular weight is 242 g/mol. The highest BCUT2D eigenvalue weighted by Gasteiger charge is 2.19. The zero-order valence-electron chi connectivity index (χ0n) is 11.6. The van der Waals surface area contributed by atoms with E-state index in [2.05, 4.69) is 0 Å². The summed E-state index contributed by atoms with van der Waals surface area (Å²) in [7, 11) is 0. The minimum atomic E-state index is -0.0645. The van der Waals surface area contributed by atoms with Gasteiger partial charge >= 0.3 is 0 Å². The van der Waals surface area contributed by atoms with Gasteiger partial charge in [0.2, 0.25) is 0 Å². The molecular formula is C15H30O2. The molecule has 102 valence electrons. The third-order valence-electron chi connectivity index (χ3n) is 4.41. The van der Waals surface area contributed by atoms with Crippen LogP contribution in [0.25, 0.3) is 0 Å². The molecular weight excluding hydrogens is 212 g/mol. The van der Waals surface area contributed by atoms with Crippen molar-refractivity contribution in [3.63, 3.8) is 0 Å². The maximum atomic E-state index is 9.18. The first kappa shape index (κ1) is 15.0. The van der Waals surface area contributed by atoms with Crippen LogP contribution in [0.4, 0.5) is 0 Å². The molecule has 2 nitrogen and oxygen atoms in total. The molecule has 0 aromatic carbocycles.